The van der Waals surface area contributed by atoms with Crippen molar-refractivity contribution >= 4 is 36.9 Å². The van der Waals surface area contributed by atoms with E-state index in [9.17, 15) is 26.4 Å². The zero-order valence-corrected chi connectivity index (χ0v) is 20.9. The largest absolute Gasteiger partial charge is 0.416 e. The quantitative estimate of drug-likeness (QED) is 0.318. The highest BCUT2D eigenvalue weighted by Crippen LogP contribution is 2.32. The summed E-state index contributed by atoms with van der Waals surface area (Å²) in [6, 6.07) is 16.0. The molecular weight excluding hydrogens is 547 g/mol. The van der Waals surface area contributed by atoms with Crippen molar-refractivity contribution in [3.63, 3.8) is 0 Å². The molecule has 6 nitrogen and oxygen atoms in total. The van der Waals surface area contributed by atoms with Gasteiger partial charge < -0.3 is 0 Å². The Morgan fingerprint density at radius 2 is 1.66 bits per heavy atom. The number of alkyl halides is 3. The average Bonchev–Trinajstić information content (AvgIpc) is 2.83. The van der Waals surface area contributed by atoms with Crippen LogP contribution in [0.3, 0.4) is 0 Å². The average molecular weight is 566 g/mol. The summed E-state index contributed by atoms with van der Waals surface area (Å²) in [6.45, 7) is 1.52. The van der Waals surface area contributed by atoms with E-state index < -0.39 is 38.3 Å². The number of hydrogen-bond donors (Lipinski definition) is 0. The fourth-order valence-electron chi connectivity index (χ4n) is 3.64. The summed E-state index contributed by atoms with van der Waals surface area (Å²) in [4.78, 5) is 17.5. The SMILES string of the molecule is CC(c1nc2ccccc2c(=O)n1-c1ccc(Br)cc1)N(C)S(=O)(=O)c1cccc(C(F)(F)F)c1. The third-order valence-corrected chi connectivity index (χ3v) is 8.10. The van der Waals surface area contributed by atoms with Crippen molar-refractivity contribution in [1.82, 2.24) is 13.9 Å². The standard InChI is InChI=1S/C24H19BrF3N3O3S/c1-15(30(2)35(33,34)19-7-5-6-16(14-19)24(26,27)28)22-29-21-9-4-3-8-20(21)23(32)31(22)18-12-10-17(25)11-13-18/h3-15H,1-2H3. The number of sulfonamides is 1. The molecule has 3 aromatic carbocycles. The fourth-order valence-corrected chi connectivity index (χ4v) is 5.27. The predicted octanol–water partition coefficient (Wildman–Crippen LogP) is 5.55. The zero-order chi connectivity index (χ0) is 25.5. The maximum absolute atomic E-state index is 13.5. The molecule has 1 heterocycles. The maximum Gasteiger partial charge on any atom is 0.416 e. The summed E-state index contributed by atoms with van der Waals surface area (Å²) in [5, 5.41) is 0.342. The molecule has 0 bridgehead atoms. The van der Waals surface area contributed by atoms with Crippen LogP contribution in [0.4, 0.5) is 13.2 Å². The molecule has 0 spiro atoms. The molecule has 11 heteroatoms. The Morgan fingerprint density at radius 3 is 2.31 bits per heavy atom. The normalized spacial score (nSPS) is 13.3. The van der Waals surface area contributed by atoms with Crippen molar-refractivity contribution in [1.29, 1.82) is 0 Å². The molecule has 0 aliphatic carbocycles. The van der Waals surface area contributed by atoms with Crippen molar-refractivity contribution in [2.24, 2.45) is 0 Å². The molecule has 1 aromatic heterocycles. The van der Waals surface area contributed by atoms with Crippen LogP contribution in [0.1, 0.15) is 24.4 Å². The second kappa shape index (κ2) is 9.21. The number of hydrogen-bond acceptors (Lipinski definition) is 4. The molecule has 4 rings (SSSR count). The monoisotopic (exact) mass is 565 g/mol. The highest BCUT2D eigenvalue weighted by molar-refractivity contribution is 9.10. The molecule has 35 heavy (non-hydrogen) atoms. The second-order valence-electron chi connectivity index (χ2n) is 7.83. The third kappa shape index (κ3) is 4.75. The first kappa shape index (κ1) is 25.1. The van der Waals surface area contributed by atoms with Gasteiger partial charge >= 0.3 is 6.18 Å². The van der Waals surface area contributed by atoms with E-state index in [4.69, 9.17) is 0 Å². The zero-order valence-electron chi connectivity index (χ0n) is 18.5. The van der Waals surface area contributed by atoms with Gasteiger partial charge in [-0.2, -0.15) is 17.5 Å². The van der Waals surface area contributed by atoms with Gasteiger partial charge in [-0.3, -0.25) is 9.36 Å². The lowest BCUT2D eigenvalue weighted by atomic mass is 10.2. The molecule has 182 valence electrons. The van der Waals surface area contributed by atoms with Gasteiger partial charge in [0.2, 0.25) is 10.0 Å². The molecule has 0 amide bonds. The van der Waals surface area contributed by atoms with Crippen LogP contribution in [0.2, 0.25) is 0 Å². The number of fused-ring (bicyclic) bond motifs is 1. The molecule has 0 radical (unpaired) electrons. The minimum absolute atomic E-state index is 0.120. The van der Waals surface area contributed by atoms with Gasteiger partial charge in [-0.1, -0.05) is 34.1 Å². The first-order chi connectivity index (χ1) is 16.4. The van der Waals surface area contributed by atoms with Crippen LogP contribution < -0.4 is 5.56 Å². The van der Waals surface area contributed by atoms with Crippen LogP contribution in [-0.4, -0.2) is 29.3 Å². The number of benzene rings is 3. The lowest BCUT2D eigenvalue weighted by molar-refractivity contribution is -0.137. The summed E-state index contributed by atoms with van der Waals surface area (Å²) in [7, 11) is -3.13. The Hall–Kier alpha value is -3.02. The summed E-state index contributed by atoms with van der Waals surface area (Å²) < 4.78 is 69.2. The number of nitrogens with zero attached hydrogens (tertiary/aromatic N) is 3. The number of halogens is 4. The van der Waals surface area contributed by atoms with Crippen LogP contribution in [-0.2, 0) is 16.2 Å². The molecule has 0 saturated heterocycles. The van der Waals surface area contributed by atoms with Crippen LogP contribution in [0.15, 0.2) is 87.0 Å². The first-order valence-corrected chi connectivity index (χ1v) is 12.6. The minimum atomic E-state index is -4.70. The predicted molar refractivity (Wildman–Crippen MR) is 130 cm³/mol. The van der Waals surface area contributed by atoms with Crippen molar-refractivity contribution in [2.75, 3.05) is 7.05 Å². The molecule has 1 unspecified atom stereocenters. The minimum Gasteiger partial charge on any atom is -0.268 e. The fraction of sp³-hybridized carbons (Fsp3) is 0.167. The molecule has 1 atom stereocenters. The second-order valence-corrected chi connectivity index (χ2v) is 10.7. The van der Waals surface area contributed by atoms with E-state index in [1.807, 2.05) is 0 Å². The van der Waals surface area contributed by atoms with Crippen molar-refractivity contribution in [3.05, 3.63) is 99.0 Å². The Morgan fingerprint density at radius 1 is 1.00 bits per heavy atom. The van der Waals surface area contributed by atoms with Gasteiger partial charge in [-0.05, 0) is 61.5 Å². The van der Waals surface area contributed by atoms with Crippen LogP contribution in [0.25, 0.3) is 16.6 Å². The van der Waals surface area contributed by atoms with Crippen molar-refractivity contribution in [2.45, 2.75) is 24.0 Å². The molecule has 4 aromatic rings. The van der Waals surface area contributed by atoms with Crippen LogP contribution >= 0.6 is 15.9 Å². The highest BCUT2D eigenvalue weighted by Gasteiger charge is 2.34. The van der Waals surface area contributed by atoms with Crippen LogP contribution in [0.5, 0.6) is 0 Å². The van der Waals surface area contributed by atoms with E-state index in [1.165, 1.54) is 18.5 Å². The van der Waals surface area contributed by atoms with E-state index in [0.717, 1.165) is 27.0 Å². The Balaban J connectivity index is 1.88. The van der Waals surface area contributed by atoms with Gasteiger partial charge in [0.1, 0.15) is 5.82 Å². The van der Waals surface area contributed by atoms with E-state index in [1.54, 1.807) is 48.5 Å². The van der Waals surface area contributed by atoms with Crippen LogP contribution in [0, 0.1) is 0 Å². The van der Waals surface area contributed by atoms with Gasteiger partial charge in [-0.15, -0.1) is 0 Å². The number of aromatic nitrogens is 2. The summed E-state index contributed by atoms with van der Waals surface area (Å²) in [5.74, 6) is 0.120. The van der Waals surface area contributed by atoms with E-state index >= 15 is 0 Å². The van der Waals surface area contributed by atoms with Gasteiger partial charge in [0, 0.05) is 11.5 Å². The first-order valence-electron chi connectivity index (χ1n) is 10.3. The summed E-state index contributed by atoms with van der Waals surface area (Å²) >= 11 is 3.35. The molecular formula is C24H19BrF3N3O3S. The van der Waals surface area contributed by atoms with Crippen molar-refractivity contribution < 1.29 is 21.6 Å². The van der Waals surface area contributed by atoms with Gasteiger partial charge in [0.05, 0.1) is 33.1 Å². The highest BCUT2D eigenvalue weighted by atomic mass is 79.9. The molecule has 0 fully saturated rings. The summed E-state index contributed by atoms with van der Waals surface area (Å²) in [6.07, 6.45) is -4.70. The van der Waals surface area contributed by atoms with E-state index in [2.05, 4.69) is 20.9 Å². The summed E-state index contributed by atoms with van der Waals surface area (Å²) in [5.41, 5.74) is -0.638. The van der Waals surface area contributed by atoms with E-state index in [0.29, 0.717) is 22.7 Å². The topological polar surface area (TPSA) is 72.3 Å². The smallest absolute Gasteiger partial charge is 0.268 e. The lowest BCUT2D eigenvalue weighted by Crippen LogP contribution is -2.35. The van der Waals surface area contributed by atoms with E-state index in [-0.39, 0.29) is 5.82 Å². The molecule has 0 saturated carbocycles. The third-order valence-electron chi connectivity index (χ3n) is 5.64. The maximum atomic E-state index is 13.5. The molecule has 0 N–H and O–H groups in total. The number of para-hydroxylation sites is 1. The number of rotatable bonds is 5. The Bertz CT molecular complexity index is 1570. The molecule has 0 aliphatic heterocycles. The van der Waals surface area contributed by atoms with Gasteiger partial charge in [-0.25, -0.2) is 13.4 Å². The van der Waals surface area contributed by atoms with Crippen molar-refractivity contribution in [3.8, 4) is 5.69 Å². The van der Waals surface area contributed by atoms with Gasteiger partial charge in [0.25, 0.3) is 5.56 Å². The Labute approximate surface area is 207 Å². The lowest BCUT2D eigenvalue weighted by Gasteiger charge is -2.26. The molecule has 0 aliphatic rings. The van der Waals surface area contributed by atoms with Gasteiger partial charge in [0.15, 0.2) is 0 Å². The Kier molecular flexibility index (Phi) is 6.60.